The van der Waals surface area contributed by atoms with Crippen molar-refractivity contribution in [3.63, 3.8) is 0 Å². The Hall–Kier alpha value is -1.46. The van der Waals surface area contributed by atoms with Crippen LogP contribution in [0.1, 0.15) is 5.56 Å². The van der Waals surface area contributed by atoms with E-state index >= 15 is 0 Å². The highest BCUT2D eigenvalue weighted by molar-refractivity contribution is 6.03. The fourth-order valence-electron chi connectivity index (χ4n) is 2.09. The van der Waals surface area contributed by atoms with Gasteiger partial charge < -0.3 is 16.1 Å². The topological polar surface area (TPSA) is 66.5 Å². The first-order valence-corrected chi connectivity index (χ1v) is 5.90. The fourth-order valence-corrected chi connectivity index (χ4v) is 2.09. The van der Waals surface area contributed by atoms with E-state index in [0.29, 0.717) is 12.5 Å². The van der Waals surface area contributed by atoms with Crippen LogP contribution in [-0.4, -0.2) is 48.8 Å². The van der Waals surface area contributed by atoms with Crippen molar-refractivity contribution >= 4 is 5.71 Å². The third-order valence-corrected chi connectivity index (χ3v) is 2.94. The Morgan fingerprint density at radius 2 is 2.24 bits per heavy atom. The van der Waals surface area contributed by atoms with E-state index in [1.165, 1.54) is 0 Å². The van der Waals surface area contributed by atoms with Gasteiger partial charge in [0.1, 0.15) is 0 Å². The SMILES string of the molecule is CN(CCN)CC1CNN=C1c1ccncc1. The minimum absolute atomic E-state index is 0.425. The van der Waals surface area contributed by atoms with Crippen molar-refractivity contribution in [2.75, 3.05) is 33.2 Å². The van der Waals surface area contributed by atoms with Crippen molar-refractivity contribution in [1.29, 1.82) is 0 Å². The smallest absolute Gasteiger partial charge is 0.0738 e. The molecule has 0 spiro atoms. The van der Waals surface area contributed by atoms with Crippen LogP contribution in [0.5, 0.6) is 0 Å². The summed E-state index contributed by atoms with van der Waals surface area (Å²) in [5.74, 6) is 0.425. The molecule has 0 fully saturated rings. The van der Waals surface area contributed by atoms with Crippen LogP contribution in [0.15, 0.2) is 29.6 Å². The number of nitrogens with two attached hydrogens (primary N) is 1. The lowest BCUT2D eigenvalue weighted by molar-refractivity contribution is 0.317. The molecule has 0 bridgehead atoms. The first kappa shape index (κ1) is 12.0. The number of nitrogens with one attached hydrogen (secondary N) is 1. The van der Waals surface area contributed by atoms with Gasteiger partial charge in [-0.25, -0.2) is 0 Å². The summed E-state index contributed by atoms with van der Waals surface area (Å²) in [6.45, 7) is 3.48. The van der Waals surface area contributed by atoms with Gasteiger partial charge in [-0.2, -0.15) is 5.10 Å². The van der Waals surface area contributed by atoms with Gasteiger partial charge in [-0.05, 0) is 19.2 Å². The van der Waals surface area contributed by atoms with Crippen LogP contribution in [0, 0.1) is 5.92 Å². The highest BCUT2D eigenvalue weighted by atomic mass is 15.3. The van der Waals surface area contributed by atoms with Crippen molar-refractivity contribution in [3.05, 3.63) is 30.1 Å². The Bertz CT molecular complexity index is 376. The molecule has 5 heteroatoms. The summed E-state index contributed by atoms with van der Waals surface area (Å²) in [6.07, 6.45) is 3.60. The van der Waals surface area contributed by atoms with Crippen molar-refractivity contribution < 1.29 is 0 Å². The monoisotopic (exact) mass is 233 g/mol. The highest BCUT2D eigenvalue weighted by Gasteiger charge is 2.23. The van der Waals surface area contributed by atoms with E-state index in [1.54, 1.807) is 12.4 Å². The number of pyridine rings is 1. The lowest BCUT2D eigenvalue weighted by Gasteiger charge is -2.20. The summed E-state index contributed by atoms with van der Waals surface area (Å²) >= 11 is 0. The summed E-state index contributed by atoms with van der Waals surface area (Å²) in [5.41, 5.74) is 10.9. The number of nitrogens with zero attached hydrogens (tertiary/aromatic N) is 3. The lowest BCUT2D eigenvalue weighted by Crippen LogP contribution is -2.34. The molecule has 1 atom stereocenters. The number of hydrazone groups is 1. The van der Waals surface area contributed by atoms with E-state index in [1.807, 2.05) is 12.1 Å². The summed E-state index contributed by atoms with van der Waals surface area (Å²) in [7, 11) is 2.09. The van der Waals surface area contributed by atoms with Gasteiger partial charge in [0, 0.05) is 50.1 Å². The van der Waals surface area contributed by atoms with Gasteiger partial charge >= 0.3 is 0 Å². The van der Waals surface area contributed by atoms with Crippen LogP contribution < -0.4 is 11.2 Å². The van der Waals surface area contributed by atoms with Crippen LogP contribution in [0.4, 0.5) is 0 Å². The molecule has 0 aliphatic carbocycles. The van der Waals surface area contributed by atoms with Crippen molar-refractivity contribution in [2.45, 2.75) is 0 Å². The van der Waals surface area contributed by atoms with Crippen LogP contribution in [0.25, 0.3) is 0 Å². The normalized spacial score (nSPS) is 19.2. The van der Waals surface area contributed by atoms with Gasteiger partial charge in [0.05, 0.1) is 5.71 Å². The van der Waals surface area contributed by atoms with Gasteiger partial charge in [-0.15, -0.1) is 0 Å². The second-order valence-electron chi connectivity index (χ2n) is 4.34. The van der Waals surface area contributed by atoms with Gasteiger partial charge in [0.15, 0.2) is 0 Å². The number of hydrogen-bond acceptors (Lipinski definition) is 5. The fraction of sp³-hybridized carbons (Fsp3) is 0.500. The molecule has 1 aromatic rings. The van der Waals surface area contributed by atoms with Crippen LogP contribution in [-0.2, 0) is 0 Å². The largest absolute Gasteiger partial charge is 0.329 e. The number of hydrogen-bond donors (Lipinski definition) is 2. The summed E-state index contributed by atoms with van der Waals surface area (Å²) < 4.78 is 0. The van der Waals surface area contributed by atoms with Gasteiger partial charge in [-0.3, -0.25) is 4.98 Å². The molecule has 0 saturated heterocycles. The Balaban J connectivity index is 2.03. The van der Waals surface area contributed by atoms with Crippen LogP contribution >= 0.6 is 0 Å². The second kappa shape index (κ2) is 5.75. The van der Waals surface area contributed by atoms with Gasteiger partial charge in [0.2, 0.25) is 0 Å². The quantitative estimate of drug-likeness (QED) is 0.745. The molecule has 0 aromatic carbocycles. The molecule has 1 unspecified atom stereocenters. The average Bonchev–Trinajstić information content (AvgIpc) is 2.78. The molecule has 3 N–H and O–H groups in total. The average molecular weight is 233 g/mol. The highest BCUT2D eigenvalue weighted by Crippen LogP contribution is 2.14. The second-order valence-corrected chi connectivity index (χ2v) is 4.34. The molecular weight excluding hydrogens is 214 g/mol. The summed E-state index contributed by atoms with van der Waals surface area (Å²) in [4.78, 5) is 6.27. The van der Waals surface area contributed by atoms with E-state index in [9.17, 15) is 0 Å². The molecule has 1 aliphatic rings. The Morgan fingerprint density at radius 1 is 1.47 bits per heavy atom. The maximum Gasteiger partial charge on any atom is 0.0738 e. The Morgan fingerprint density at radius 3 is 2.94 bits per heavy atom. The molecule has 5 nitrogen and oxygen atoms in total. The zero-order valence-corrected chi connectivity index (χ0v) is 10.1. The Labute approximate surface area is 102 Å². The molecule has 2 heterocycles. The van der Waals surface area contributed by atoms with Crippen LogP contribution in [0.2, 0.25) is 0 Å². The number of aromatic nitrogens is 1. The molecule has 17 heavy (non-hydrogen) atoms. The minimum atomic E-state index is 0.425. The maximum absolute atomic E-state index is 5.55. The van der Waals surface area contributed by atoms with E-state index in [2.05, 4.69) is 27.5 Å². The minimum Gasteiger partial charge on any atom is -0.329 e. The van der Waals surface area contributed by atoms with E-state index in [0.717, 1.165) is 30.9 Å². The third-order valence-electron chi connectivity index (χ3n) is 2.94. The molecule has 92 valence electrons. The van der Waals surface area contributed by atoms with Gasteiger partial charge in [-0.1, -0.05) is 0 Å². The lowest BCUT2D eigenvalue weighted by atomic mass is 9.98. The van der Waals surface area contributed by atoms with Crippen LogP contribution in [0.3, 0.4) is 0 Å². The first-order valence-electron chi connectivity index (χ1n) is 5.90. The third kappa shape index (κ3) is 3.01. The standard InChI is InChI=1S/C12H19N5/c1-17(7-4-13)9-11-8-15-16-12(11)10-2-5-14-6-3-10/h2-3,5-6,11,15H,4,7-9,13H2,1H3. The zero-order valence-electron chi connectivity index (χ0n) is 10.1. The predicted molar refractivity (Wildman–Crippen MR) is 68.8 cm³/mol. The molecule has 2 rings (SSSR count). The number of likely N-dealkylation sites (N-methyl/N-ethyl adjacent to an activating group) is 1. The molecule has 1 aliphatic heterocycles. The Kier molecular flexibility index (Phi) is 4.06. The van der Waals surface area contributed by atoms with E-state index in [4.69, 9.17) is 5.73 Å². The number of rotatable bonds is 5. The van der Waals surface area contributed by atoms with E-state index < -0.39 is 0 Å². The summed E-state index contributed by atoms with van der Waals surface area (Å²) in [6, 6.07) is 4.00. The molecular formula is C12H19N5. The molecule has 1 aromatic heterocycles. The molecule has 0 saturated carbocycles. The molecule has 0 amide bonds. The van der Waals surface area contributed by atoms with Crippen molar-refractivity contribution in [1.82, 2.24) is 15.3 Å². The zero-order chi connectivity index (χ0) is 12.1. The molecule has 0 radical (unpaired) electrons. The summed E-state index contributed by atoms with van der Waals surface area (Å²) in [5, 5.41) is 4.38. The van der Waals surface area contributed by atoms with E-state index in [-0.39, 0.29) is 0 Å². The maximum atomic E-state index is 5.55. The van der Waals surface area contributed by atoms with Gasteiger partial charge in [0.25, 0.3) is 0 Å². The van der Waals surface area contributed by atoms with Crippen molar-refractivity contribution in [2.24, 2.45) is 16.8 Å². The first-order chi connectivity index (χ1) is 8.31. The van der Waals surface area contributed by atoms with Crippen molar-refractivity contribution in [3.8, 4) is 0 Å². The predicted octanol–water partition coefficient (Wildman–Crippen LogP) is -0.104.